The summed E-state index contributed by atoms with van der Waals surface area (Å²) in [5.74, 6) is -5.51. The molecule has 1 fully saturated rings. The van der Waals surface area contributed by atoms with Gasteiger partial charge < -0.3 is 15.5 Å². The maximum atomic E-state index is 10.6. The van der Waals surface area contributed by atoms with Crippen LogP contribution in [0.15, 0.2) is 0 Å². The quantitative estimate of drug-likeness (QED) is 0.592. The van der Waals surface area contributed by atoms with Crippen LogP contribution in [-0.2, 0) is 9.59 Å². The number of halogens is 6. The summed E-state index contributed by atoms with van der Waals surface area (Å²) in [5, 5.41) is 17.5. The second-order valence-electron chi connectivity index (χ2n) is 3.06. The summed E-state index contributed by atoms with van der Waals surface area (Å²) < 4.78 is 63.5. The molecule has 114 valence electrons. The molecule has 19 heavy (non-hydrogen) atoms. The maximum Gasteiger partial charge on any atom is 0.490 e. The van der Waals surface area contributed by atoms with Gasteiger partial charge in [0, 0.05) is 0 Å². The Labute approximate surface area is 103 Å². The number of hydrogen-bond donors (Lipinski definition) is 3. The van der Waals surface area contributed by atoms with Crippen molar-refractivity contribution in [3.63, 3.8) is 0 Å². The van der Waals surface area contributed by atoms with Crippen molar-refractivity contribution in [2.75, 3.05) is 13.1 Å². The summed E-state index contributed by atoms with van der Waals surface area (Å²) in [6, 6.07) is 0. The summed E-state index contributed by atoms with van der Waals surface area (Å²) in [6.45, 7) is 2.50. The van der Waals surface area contributed by atoms with Crippen LogP contribution in [0.25, 0.3) is 0 Å². The molecule has 0 atom stereocenters. The topological polar surface area (TPSA) is 86.6 Å². The third kappa shape index (κ3) is 14.4. The molecule has 0 saturated carbocycles. The van der Waals surface area contributed by atoms with Crippen LogP contribution in [0.5, 0.6) is 0 Å². The van der Waals surface area contributed by atoms with Gasteiger partial charge in [-0.25, -0.2) is 9.59 Å². The molecule has 1 aliphatic heterocycles. The first-order valence-electron chi connectivity index (χ1n) is 4.70. The molecule has 0 amide bonds. The summed E-state index contributed by atoms with van der Waals surface area (Å²) in [4.78, 5) is 17.8. The molecule has 3 N–H and O–H groups in total. The molecule has 0 bridgehead atoms. The molecule has 0 aromatic rings. The standard InChI is InChI=1S/C4H9N.2C2HF3O2/c1-2-4-5-3-1;2*3-2(4,5)1(6)7/h5H,1-4H2;2*(H,6,7). The first-order valence-corrected chi connectivity index (χ1v) is 4.70. The van der Waals surface area contributed by atoms with Crippen molar-refractivity contribution < 1.29 is 46.1 Å². The maximum absolute atomic E-state index is 10.6. The van der Waals surface area contributed by atoms with Crippen molar-refractivity contribution in [1.29, 1.82) is 0 Å². The number of carboxylic acid groups (broad SMARTS) is 2. The lowest BCUT2D eigenvalue weighted by Crippen LogP contribution is -2.21. The molecule has 0 radical (unpaired) electrons. The van der Waals surface area contributed by atoms with Gasteiger partial charge in [-0.1, -0.05) is 0 Å². The van der Waals surface area contributed by atoms with Crippen LogP contribution < -0.4 is 5.32 Å². The molecule has 0 aliphatic carbocycles. The minimum Gasteiger partial charge on any atom is -0.475 e. The Kier molecular flexibility index (Phi) is 8.92. The van der Waals surface area contributed by atoms with Gasteiger partial charge in [0.15, 0.2) is 0 Å². The van der Waals surface area contributed by atoms with E-state index in [0.717, 1.165) is 0 Å². The largest absolute Gasteiger partial charge is 0.490 e. The van der Waals surface area contributed by atoms with Crippen LogP contribution in [0.2, 0.25) is 0 Å². The predicted molar refractivity (Wildman–Crippen MR) is 49.5 cm³/mol. The molecule has 1 rings (SSSR count). The lowest BCUT2D eigenvalue weighted by Gasteiger charge is -1.93. The molecular weight excluding hydrogens is 288 g/mol. The van der Waals surface area contributed by atoms with Crippen LogP contribution in [0.4, 0.5) is 26.3 Å². The minimum absolute atomic E-state index is 1.25. The number of rotatable bonds is 0. The number of carbonyl (C=O) groups is 2. The zero-order valence-corrected chi connectivity index (χ0v) is 9.31. The average Bonchev–Trinajstić information content (AvgIpc) is 2.72. The number of carboxylic acids is 2. The van der Waals surface area contributed by atoms with Crippen molar-refractivity contribution in [3.05, 3.63) is 0 Å². The van der Waals surface area contributed by atoms with Crippen molar-refractivity contribution in [1.82, 2.24) is 5.32 Å². The van der Waals surface area contributed by atoms with E-state index in [1.165, 1.54) is 25.9 Å². The Hall–Kier alpha value is -1.52. The van der Waals surface area contributed by atoms with Gasteiger partial charge in [-0.05, 0) is 25.9 Å². The number of aliphatic carboxylic acids is 2. The Bertz CT molecular complexity index is 252. The molecule has 1 aliphatic rings. The summed E-state index contributed by atoms with van der Waals surface area (Å²) >= 11 is 0. The van der Waals surface area contributed by atoms with Crippen molar-refractivity contribution >= 4 is 11.9 Å². The van der Waals surface area contributed by atoms with E-state index in [9.17, 15) is 26.3 Å². The fourth-order valence-electron chi connectivity index (χ4n) is 0.625. The van der Waals surface area contributed by atoms with Gasteiger partial charge >= 0.3 is 24.3 Å². The van der Waals surface area contributed by atoms with Gasteiger partial charge in [0.2, 0.25) is 0 Å². The second kappa shape index (κ2) is 8.56. The zero-order chi connectivity index (χ0) is 15.7. The van der Waals surface area contributed by atoms with E-state index in [1.807, 2.05) is 0 Å². The lowest BCUT2D eigenvalue weighted by molar-refractivity contribution is -0.193. The molecule has 1 saturated heterocycles. The Balaban J connectivity index is 0. The van der Waals surface area contributed by atoms with Crippen LogP contribution in [0.3, 0.4) is 0 Å². The highest BCUT2D eigenvalue weighted by molar-refractivity contribution is 5.73. The molecule has 11 heteroatoms. The first kappa shape index (κ1) is 19.8. The first-order chi connectivity index (χ1) is 8.39. The van der Waals surface area contributed by atoms with Crippen molar-refractivity contribution in [3.8, 4) is 0 Å². The third-order valence-electron chi connectivity index (χ3n) is 1.44. The van der Waals surface area contributed by atoms with E-state index >= 15 is 0 Å². The van der Waals surface area contributed by atoms with Gasteiger partial charge in [0.25, 0.3) is 0 Å². The number of nitrogens with one attached hydrogen (secondary N) is 1. The fraction of sp³-hybridized carbons (Fsp3) is 0.750. The number of alkyl halides is 6. The predicted octanol–water partition coefficient (Wildman–Crippen LogP) is 1.64. The summed E-state index contributed by atoms with van der Waals surface area (Å²) in [7, 11) is 0. The van der Waals surface area contributed by atoms with Gasteiger partial charge in [-0.15, -0.1) is 0 Å². The van der Waals surface area contributed by atoms with E-state index in [1.54, 1.807) is 0 Å². The highest BCUT2D eigenvalue weighted by Crippen LogP contribution is 2.13. The third-order valence-corrected chi connectivity index (χ3v) is 1.44. The zero-order valence-electron chi connectivity index (χ0n) is 9.31. The van der Waals surface area contributed by atoms with Crippen LogP contribution in [0.1, 0.15) is 12.8 Å². The normalized spacial score (nSPS) is 14.6. The summed E-state index contributed by atoms with van der Waals surface area (Å²) in [5.41, 5.74) is 0. The lowest BCUT2D eigenvalue weighted by atomic mass is 10.4. The molecule has 0 aromatic heterocycles. The van der Waals surface area contributed by atoms with E-state index in [4.69, 9.17) is 19.8 Å². The highest BCUT2D eigenvalue weighted by Gasteiger charge is 2.38. The van der Waals surface area contributed by atoms with E-state index in [-0.39, 0.29) is 0 Å². The van der Waals surface area contributed by atoms with E-state index in [0.29, 0.717) is 0 Å². The van der Waals surface area contributed by atoms with Crippen LogP contribution >= 0.6 is 0 Å². The number of hydrogen-bond acceptors (Lipinski definition) is 3. The van der Waals surface area contributed by atoms with Gasteiger partial charge in [0.05, 0.1) is 0 Å². The Morgan fingerprint density at radius 1 is 0.789 bits per heavy atom. The minimum atomic E-state index is -5.08. The van der Waals surface area contributed by atoms with Crippen molar-refractivity contribution in [2.24, 2.45) is 0 Å². The molecule has 1 heterocycles. The van der Waals surface area contributed by atoms with Gasteiger partial charge in [0.1, 0.15) is 0 Å². The monoisotopic (exact) mass is 299 g/mol. The second-order valence-corrected chi connectivity index (χ2v) is 3.06. The van der Waals surface area contributed by atoms with Crippen molar-refractivity contribution in [2.45, 2.75) is 25.2 Å². The Morgan fingerprint density at radius 3 is 1.05 bits per heavy atom. The molecular formula is C8H11F6NO4. The fourth-order valence-corrected chi connectivity index (χ4v) is 0.625. The SMILES string of the molecule is C1CCNC1.O=C(O)C(F)(F)F.O=C(O)C(F)(F)F. The van der Waals surface area contributed by atoms with Gasteiger partial charge in [-0.2, -0.15) is 26.3 Å². The smallest absolute Gasteiger partial charge is 0.475 e. The van der Waals surface area contributed by atoms with Crippen LogP contribution in [0, 0.1) is 0 Å². The highest BCUT2D eigenvalue weighted by atomic mass is 19.4. The Morgan fingerprint density at radius 2 is 1.00 bits per heavy atom. The van der Waals surface area contributed by atoms with Gasteiger partial charge in [-0.3, -0.25) is 0 Å². The van der Waals surface area contributed by atoms with E-state index < -0.39 is 24.3 Å². The van der Waals surface area contributed by atoms with E-state index in [2.05, 4.69) is 5.32 Å². The molecule has 5 nitrogen and oxygen atoms in total. The molecule has 0 spiro atoms. The molecule has 0 unspecified atom stereocenters. The van der Waals surface area contributed by atoms with Crippen LogP contribution in [-0.4, -0.2) is 47.6 Å². The average molecular weight is 299 g/mol. The summed E-state index contributed by atoms with van der Waals surface area (Å²) in [6.07, 6.45) is -7.39. The molecule has 0 aromatic carbocycles.